The predicted octanol–water partition coefficient (Wildman–Crippen LogP) is 1.76. The van der Waals surface area contributed by atoms with Gasteiger partial charge in [-0.15, -0.1) is 0 Å². The number of hydrogen-bond donors (Lipinski definition) is 1. The van der Waals surface area contributed by atoms with Crippen molar-refractivity contribution >= 4 is 28.2 Å². The summed E-state index contributed by atoms with van der Waals surface area (Å²) in [6.45, 7) is 4.78. The van der Waals surface area contributed by atoms with E-state index in [0.717, 1.165) is 11.3 Å². The summed E-state index contributed by atoms with van der Waals surface area (Å²) in [6.07, 6.45) is 1.56. The zero-order valence-corrected chi connectivity index (χ0v) is 12.8. The highest BCUT2D eigenvalue weighted by molar-refractivity contribution is 7.17. The van der Waals surface area contributed by atoms with E-state index in [-0.39, 0.29) is 23.8 Å². The van der Waals surface area contributed by atoms with Gasteiger partial charge in [-0.2, -0.15) is 0 Å². The molecule has 0 saturated carbocycles. The summed E-state index contributed by atoms with van der Waals surface area (Å²) in [6, 6.07) is 3.41. The summed E-state index contributed by atoms with van der Waals surface area (Å²) < 4.78 is 1.33. The van der Waals surface area contributed by atoms with Crippen molar-refractivity contribution in [2.24, 2.45) is 0 Å². The lowest BCUT2D eigenvalue weighted by Crippen LogP contribution is -2.28. The van der Waals surface area contributed by atoms with Gasteiger partial charge in [0.1, 0.15) is 6.54 Å². The second kappa shape index (κ2) is 6.01. The number of ketones is 1. The van der Waals surface area contributed by atoms with E-state index in [9.17, 15) is 14.4 Å². The Kier molecular flexibility index (Phi) is 4.32. The van der Waals surface area contributed by atoms with Gasteiger partial charge in [0.2, 0.25) is 5.91 Å². The van der Waals surface area contributed by atoms with E-state index in [1.54, 1.807) is 32.2 Å². The van der Waals surface area contributed by atoms with Gasteiger partial charge in [0, 0.05) is 18.7 Å². The van der Waals surface area contributed by atoms with Crippen LogP contribution in [0.1, 0.15) is 27.9 Å². The molecule has 2 aromatic heterocycles. The van der Waals surface area contributed by atoms with Gasteiger partial charge < -0.3 is 9.88 Å². The normalized spacial score (nSPS) is 10.4. The fourth-order valence-corrected chi connectivity index (χ4v) is 2.75. The summed E-state index contributed by atoms with van der Waals surface area (Å²) in [4.78, 5) is 39.8. The highest BCUT2D eigenvalue weighted by Gasteiger charge is 2.14. The van der Waals surface area contributed by atoms with Crippen LogP contribution in [-0.2, 0) is 11.3 Å². The Morgan fingerprint density at radius 2 is 2.10 bits per heavy atom. The van der Waals surface area contributed by atoms with E-state index in [1.165, 1.54) is 11.5 Å². The molecule has 2 aromatic rings. The van der Waals surface area contributed by atoms with Crippen LogP contribution in [0.4, 0.5) is 5.13 Å². The number of nitrogens with one attached hydrogen (secondary N) is 1. The molecule has 7 heteroatoms. The molecule has 0 aliphatic rings. The SMILES string of the molecule is CC(=O)c1sc(NC(=O)Cn2cccc(C)c2=O)nc1C. The molecule has 6 nitrogen and oxygen atoms in total. The topological polar surface area (TPSA) is 81.1 Å². The lowest BCUT2D eigenvalue weighted by molar-refractivity contribution is -0.116. The number of aromatic nitrogens is 2. The van der Waals surface area contributed by atoms with Crippen molar-refractivity contribution in [1.29, 1.82) is 0 Å². The lowest BCUT2D eigenvalue weighted by atomic mass is 10.3. The Morgan fingerprint density at radius 1 is 1.38 bits per heavy atom. The van der Waals surface area contributed by atoms with E-state index in [0.29, 0.717) is 21.3 Å². The average Bonchev–Trinajstić information content (AvgIpc) is 2.76. The van der Waals surface area contributed by atoms with Crippen molar-refractivity contribution in [3.63, 3.8) is 0 Å². The van der Waals surface area contributed by atoms with Gasteiger partial charge in [-0.3, -0.25) is 14.4 Å². The Bertz CT molecular complexity index is 761. The molecule has 0 atom stereocenters. The van der Waals surface area contributed by atoms with E-state index < -0.39 is 0 Å². The number of hydrogen-bond acceptors (Lipinski definition) is 5. The number of amides is 1. The molecule has 0 spiro atoms. The highest BCUT2D eigenvalue weighted by Crippen LogP contribution is 2.22. The molecule has 0 aromatic carbocycles. The number of anilines is 1. The minimum absolute atomic E-state index is 0.0830. The third-order valence-corrected chi connectivity index (χ3v) is 4.06. The number of nitrogens with zero attached hydrogens (tertiary/aromatic N) is 2. The fraction of sp³-hybridized carbons (Fsp3) is 0.286. The van der Waals surface area contributed by atoms with Gasteiger partial charge in [-0.05, 0) is 19.9 Å². The number of Topliss-reactive ketones (excluding diaryl/α,β-unsaturated/α-hetero) is 1. The molecule has 1 N–H and O–H groups in total. The van der Waals surface area contributed by atoms with Gasteiger partial charge in [0.25, 0.3) is 5.56 Å². The van der Waals surface area contributed by atoms with Crippen LogP contribution in [0.25, 0.3) is 0 Å². The molecule has 0 bridgehead atoms. The fourth-order valence-electron chi connectivity index (χ4n) is 1.87. The second-order valence-electron chi connectivity index (χ2n) is 4.66. The maximum Gasteiger partial charge on any atom is 0.253 e. The lowest BCUT2D eigenvalue weighted by Gasteiger charge is -2.05. The van der Waals surface area contributed by atoms with Crippen LogP contribution in [0.5, 0.6) is 0 Å². The molecule has 1 amide bonds. The minimum atomic E-state index is -0.355. The number of carbonyl (C=O) groups excluding carboxylic acids is 2. The smallest absolute Gasteiger partial charge is 0.253 e. The molecule has 0 unspecified atom stereocenters. The van der Waals surface area contributed by atoms with Crippen LogP contribution in [0.3, 0.4) is 0 Å². The van der Waals surface area contributed by atoms with E-state index >= 15 is 0 Å². The van der Waals surface area contributed by atoms with E-state index in [1.807, 2.05) is 0 Å². The largest absolute Gasteiger partial charge is 0.306 e. The standard InChI is InChI=1S/C14H15N3O3S/c1-8-5-4-6-17(13(8)20)7-11(19)16-14-15-9(2)12(21-14)10(3)18/h4-6H,7H2,1-3H3,(H,15,16,19). The molecule has 0 aliphatic carbocycles. The van der Waals surface area contributed by atoms with Crippen molar-refractivity contribution < 1.29 is 9.59 Å². The van der Waals surface area contributed by atoms with E-state index in [2.05, 4.69) is 10.3 Å². The second-order valence-corrected chi connectivity index (χ2v) is 5.66. The van der Waals surface area contributed by atoms with Gasteiger partial charge in [-0.25, -0.2) is 4.98 Å². The molecule has 21 heavy (non-hydrogen) atoms. The number of pyridine rings is 1. The summed E-state index contributed by atoms with van der Waals surface area (Å²) >= 11 is 1.13. The molecule has 0 fully saturated rings. The summed E-state index contributed by atoms with van der Waals surface area (Å²) in [5.74, 6) is -0.438. The first-order valence-electron chi connectivity index (χ1n) is 6.32. The van der Waals surface area contributed by atoms with Gasteiger partial charge >= 0.3 is 0 Å². The molecular weight excluding hydrogens is 290 g/mol. The zero-order chi connectivity index (χ0) is 15.6. The molecule has 0 aliphatic heterocycles. The van der Waals surface area contributed by atoms with Crippen LogP contribution in [0.2, 0.25) is 0 Å². The van der Waals surface area contributed by atoms with Crippen LogP contribution in [-0.4, -0.2) is 21.2 Å². The molecule has 0 radical (unpaired) electrons. The number of carbonyl (C=O) groups is 2. The first kappa shape index (κ1) is 15.1. The molecule has 0 saturated heterocycles. The molecular formula is C14H15N3O3S. The predicted molar refractivity (Wildman–Crippen MR) is 80.9 cm³/mol. The van der Waals surface area contributed by atoms with Gasteiger partial charge in [-0.1, -0.05) is 17.4 Å². The molecule has 2 heterocycles. The number of thiazole rings is 1. The van der Waals surface area contributed by atoms with Crippen LogP contribution in [0.15, 0.2) is 23.1 Å². The summed E-state index contributed by atoms with van der Waals surface area (Å²) in [5, 5.41) is 2.97. The van der Waals surface area contributed by atoms with Crippen molar-refractivity contribution in [3.8, 4) is 0 Å². The van der Waals surface area contributed by atoms with E-state index in [4.69, 9.17) is 0 Å². The zero-order valence-electron chi connectivity index (χ0n) is 12.0. The van der Waals surface area contributed by atoms with Crippen molar-refractivity contribution in [3.05, 3.63) is 44.8 Å². The number of aryl methyl sites for hydroxylation is 2. The highest BCUT2D eigenvalue weighted by atomic mass is 32.1. The quantitative estimate of drug-likeness (QED) is 0.873. The molecule has 2 rings (SSSR count). The Labute approximate surface area is 125 Å². The third kappa shape index (κ3) is 3.43. The van der Waals surface area contributed by atoms with Gasteiger partial charge in [0.15, 0.2) is 10.9 Å². The molecule has 110 valence electrons. The Balaban J connectivity index is 2.12. The van der Waals surface area contributed by atoms with Crippen LogP contribution in [0, 0.1) is 13.8 Å². The third-order valence-electron chi connectivity index (χ3n) is 2.89. The number of rotatable bonds is 4. The van der Waals surface area contributed by atoms with Crippen molar-refractivity contribution in [2.75, 3.05) is 5.32 Å². The Hall–Kier alpha value is -2.28. The van der Waals surface area contributed by atoms with Crippen molar-refractivity contribution in [1.82, 2.24) is 9.55 Å². The van der Waals surface area contributed by atoms with Gasteiger partial charge in [0.05, 0.1) is 10.6 Å². The van der Waals surface area contributed by atoms with Crippen LogP contribution < -0.4 is 10.9 Å². The van der Waals surface area contributed by atoms with Crippen LogP contribution >= 0.6 is 11.3 Å². The maximum absolute atomic E-state index is 11.9. The Morgan fingerprint density at radius 3 is 2.71 bits per heavy atom. The van der Waals surface area contributed by atoms with Crippen molar-refractivity contribution in [2.45, 2.75) is 27.3 Å². The average molecular weight is 305 g/mol. The minimum Gasteiger partial charge on any atom is -0.306 e. The maximum atomic E-state index is 11.9. The summed E-state index contributed by atoms with van der Waals surface area (Å²) in [7, 11) is 0. The first-order chi connectivity index (χ1) is 9.88. The summed E-state index contributed by atoms with van der Waals surface area (Å²) in [5.41, 5.74) is 0.970. The first-order valence-corrected chi connectivity index (χ1v) is 7.14. The monoisotopic (exact) mass is 305 g/mol.